The van der Waals surface area contributed by atoms with Gasteiger partial charge in [0.25, 0.3) is 5.91 Å². The van der Waals surface area contributed by atoms with Crippen LogP contribution in [0.25, 0.3) is 11.0 Å². The number of fused-ring (bicyclic) bond motifs is 1. The van der Waals surface area contributed by atoms with Gasteiger partial charge in [0.05, 0.1) is 12.7 Å². The number of amides is 1. The summed E-state index contributed by atoms with van der Waals surface area (Å²) in [4.78, 5) is 23.7. The maximum atomic E-state index is 12.8. The van der Waals surface area contributed by atoms with Crippen LogP contribution in [0, 0.1) is 5.82 Å². The first kappa shape index (κ1) is 18.4. The van der Waals surface area contributed by atoms with E-state index in [4.69, 9.17) is 9.15 Å². The van der Waals surface area contributed by atoms with Gasteiger partial charge in [-0.1, -0.05) is 12.1 Å². The predicted molar refractivity (Wildman–Crippen MR) is 95.7 cm³/mol. The van der Waals surface area contributed by atoms with Gasteiger partial charge in [-0.3, -0.25) is 9.59 Å². The van der Waals surface area contributed by atoms with Crippen LogP contribution in [0.3, 0.4) is 0 Å². The number of carbonyl (C=O) groups is 2. The lowest BCUT2D eigenvalue weighted by atomic mass is 10.1. The molecule has 140 valence electrons. The normalized spacial score (nSPS) is 10.7. The highest BCUT2D eigenvalue weighted by atomic mass is 19.1. The van der Waals surface area contributed by atoms with E-state index in [2.05, 4.69) is 5.32 Å². The zero-order valence-electron chi connectivity index (χ0n) is 14.4. The molecular formula is C20H18FNO5. The first-order valence-electron chi connectivity index (χ1n) is 8.37. The zero-order chi connectivity index (χ0) is 19.2. The van der Waals surface area contributed by atoms with Crippen molar-refractivity contribution < 1.29 is 28.2 Å². The third kappa shape index (κ3) is 5.07. The van der Waals surface area contributed by atoms with E-state index in [-0.39, 0.29) is 24.6 Å². The number of rotatable bonds is 7. The fourth-order valence-corrected chi connectivity index (χ4v) is 2.61. The van der Waals surface area contributed by atoms with E-state index in [1.165, 1.54) is 30.5 Å². The van der Waals surface area contributed by atoms with Crippen LogP contribution in [0.5, 0.6) is 5.75 Å². The van der Waals surface area contributed by atoms with Crippen molar-refractivity contribution >= 4 is 22.8 Å². The van der Waals surface area contributed by atoms with E-state index < -0.39 is 11.9 Å². The summed E-state index contributed by atoms with van der Waals surface area (Å²) in [5.41, 5.74) is 1.98. The number of esters is 1. The molecule has 27 heavy (non-hydrogen) atoms. The van der Waals surface area contributed by atoms with Crippen molar-refractivity contribution in [3.8, 4) is 5.75 Å². The Morgan fingerprint density at radius 1 is 1.15 bits per heavy atom. The Morgan fingerprint density at radius 2 is 1.93 bits per heavy atom. The quantitative estimate of drug-likeness (QED) is 0.624. The number of phenols is 1. The van der Waals surface area contributed by atoms with Crippen LogP contribution >= 0.6 is 0 Å². The van der Waals surface area contributed by atoms with Gasteiger partial charge < -0.3 is 19.6 Å². The Bertz CT molecular complexity index is 949. The largest absolute Gasteiger partial charge is 0.508 e. The molecule has 0 bridgehead atoms. The molecule has 3 aromatic rings. The van der Waals surface area contributed by atoms with E-state index in [0.29, 0.717) is 29.5 Å². The van der Waals surface area contributed by atoms with Gasteiger partial charge in [0.15, 0.2) is 6.61 Å². The summed E-state index contributed by atoms with van der Waals surface area (Å²) >= 11 is 0. The van der Waals surface area contributed by atoms with Crippen molar-refractivity contribution in [2.45, 2.75) is 12.8 Å². The van der Waals surface area contributed by atoms with Crippen molar-refractivity contribution in [2.24, 2.45) is 0 Å². The van der Waals surface area contributed by atoms with E-state index in [0.717, 1.165) is 5.56 Å². The Kier molecular flexibility index (Phi) is 5.71. The molecule has 1 heterocycles. The molecular weight excluding hydrogens is 353 g/mol. The number of ether oxygens (including phenoxy) is 1. The lowest BCUT2D eigenvalue weighted by molar-refractivity contribution is -0.147. The minimum absolute atomic E-state index is 0.0410. The molecule has 2 aromatic carbocycles. The second kappa shape index (κ2) is 8.35. The number of nitrogens with one attached hydrogen (secondary N) is 1. The Balaban J connectivity index is 1.41. The highest BCUT2D eigenvalue weighted by molar-refractivity contribution is 5.87. The van der Waals surface area contributed by atoms with Crippen molar-refractivity contribution in [2.75, 3.05) is 13.2 Å². The third-order valence-electron chi connectivity index (χ3n) is 3.99. The summed E-state index contributed by atoms with van der Waals surface area (Å²) in [7, 11) is 0. The first-order chi connectivity index (χ1) is 13.0. The van der Waals surface area contributed by atoms with E-state index in [1.54, 1.807) is 18.2 Å². The van der Waals surface area contributed by atoms with Crippen molar-refractivity contribution in [3.63, 3.8) is 0 Å². The maximum Gasteiger partial charge on any atom is 0.310 e. The van der Waals surface area contributed by atoms with Crippen LogP contribution < -0.4 is 5.32 Å². The molecule has 1 amide bonds. The van der Waals surface area contributed by atoms with Crippen LogP contribution in [0.4, 0.5) is 4.39 Å². The number of halogens is 1. The van der Waals surface area contributed by atoms with Gasteiger partial charge in [0, 0.05) is 23.6 Å². The smallest absolute Gasteiger partial charge is 0.310 e. The highest BCUT2D eigenvalue weighted by Crippen LogP contribution is 2.25. The summed E-state index contributed by atoms with van der Waals surface area (Å²) in [6.45, 7) is -0.0172. The summed E-state index contributed by atoms with van der Waals surface area (Å²) in [6.07, 6.45) is 1.93. The van der Waals surface area contributed by atoms with Crippen molar-refractivity contribution in [3.05, 3.63) is 65.7 Å². The van der Waals surface area contributed by atoms with Gasteiger partial charge in [0.2, 0.25) is 0 Å². The molecule has 0 fully saturated rings. The van der Waals surface area contributed by atoms with E-state index >= 15 is 0 Å². The number of furan rings is 1. The first-order valence-corrected chi connectivity index (χ1v) is 8.37. The lowest BCUT2D eigenvalue weighted by Crippen LogP contribution is -2.30. The molecule has 3 rings (SSSR count). The number of hydrogen-bond donors (Lipinski definition) is 2. The van der Waals surface area contributed by atoms with Crippen LogP contribution in [-0.2, 0) is 27.2 Å². The average molecular weight is 371 g/mol. The van der Waals surface area contributed by atoms with Crippen molar-refractivity contribution in [1.82, 2.24) is 5.32 Å². The van der Waals surface area contributed by atoms with E-state index in [9.17, 15) is 19.1 Å². The molecule has 0 spiro atoms. The van der Waals surface area contributed by atoms with Crippen LogP contribution in [-0.4, -0.2) is 30.1 Å². The molecule has 2 N–H and O–H groups in total. The molecule has 0 aliphatic carbocycles. The monoisotopic (exact) mass is 371 g/mol. The Hall–Kier alpha value is -3.35. The van der Waals surface area contributed by atoms with Crippen molar-refractivity contribution in [1.29, 1.82) is 0 Å². The predicted octanol–water partition coefficient (Wildman–Crippen LogP) is 2.72. The molecule has 0 aliphatic heterocycles. The maximum absolute atomic E-state index is 12.8. The van der Waals surface area contributed by atoms with Gasteiger partial charge in [-0.2, -0.15) is 0 Å². The number of benzene rings is 2. The second-order valence-electron chi connectivity index (χ2n) is 6.01. The van der Waals surface area contributed by atoms with Gasteiger partial charge in [-0.05, 0) is 36.2 Å². The molecule has 1 aromatic heterocycles. The number of hydrogen-bond acceptors (Lipinski definition) is 5. The minimum atomic E-state index is -0.556. The number of carbonyl (C=O) groups excluding carboxylic acids is 2. The second-order valence-corrected chi connectivity index (χ2v) is 6.01. The highest BCUT2D eigenvalue weighted by Gasteiger charge is 2.13. The van der Waals surface area contributed by atoms with Gasteiger partial charge in [-0.15, -0.1) is 0 Å². The fourth-order valence-electron chi connectivity index (χ4n) is 2.61. The minimum Gasteiger partial charge on any atom is -0.508 e. The molecule has 0 unspecified atom stereocenters. The van der Waals surface area contributed by atoms with Crippen LogP contribution in [0.15, 0.2) is 53.1 Å². The summed E-state index contributed by atoms with van der Waals surface area (Å²) in [5, 5.41) is 12.8. The number of phenolic OH excluding ortho intramolecular Hbond substituents is 1. The summed E-state index contributed by atoms with van der Waals surface area (Å²) in [5.74, 6) is -1.20. The topological polar surface area (TPSA) is 88.8 Å². The Morgan fingerprint density at radius 3 is 2.70 bits per heavy atom. The molecule has 0 saturated heterocycles. The summed E-state index contributed by atoms with van der Waals surface area (Å²) in [6, 6.07) is 10.6. The van der Waals surface area contributed by atoms with E-state index in [1.807, 2.05) is 0 Å². The molecule has 7 heteroatoms. The molecule has 0 radical (unpaired) electrons. The molecule has 0 aliphatic rings. The third-order valence-corrected chi connectivity index (χ3v) is 3.99. The number of aromatic hydroxyl groups is 1. The Labute approximate surface area is 154 Å². The zero-order valence-corrected chi connectivity index (χ0v) is 14.4. The average Bonchev–Trinajstić information content (AvgIpc) is 3.03. The summed E-state index contributed by atoms with van der Waals surface area (Å²) < 4.78 is 23.1. The fraction of sp³-hybridized carbons (Fsp3) is 0.200. The lowest BCUT2D eigenvalue weighted by Gasteiger charge is -2.06. The molecule has 0 saturated carbocycles. The molecule has 0 atom stereocenters. The van der Waals surface area contributed by atoms with Crippen LogP contribution in [0.1, 0.15) is 11.1 Å². The standard InChI is InChI=1S/C20H18FNO5/c21-15-3-1-13(2-4-15)7-8-22-19(24)12-27-20(25)9-14-11-26-18-10-16(23)5-6-17(14)18/h1-6,10-11,23H,7-9,12H2,(H,22,24). The van der Waals surface area contributed by atoms with Gasteiger partial charge in [-0.25, -0.2) is 4.39 Å². The molecule has 6 nitrogen and oxygen atoms in total. The van der Waals surface area contributed by atoms with Gasteiger partial charge >= 0.3 is 5.97 Å². The van der Waals surface area contributed by atoms with Crippen LogP contribution in [0.2, 0.25) is 0 Å². The van der Waals surface area contributed by atoms with Gasteiger partial charge in [0.1, 0.15) is 17.1 Å². The SMILES string of the molecule is O=C(COC(=O)Cc1coc2cc(O)ccc12)NCCc1ccc(F)cc1.